The lowest BCUT2D eigenvalue weighted by Crippen LogP contribution is -2.34. The summed E-state index contributed by atoms with van der Waals surface area (Å²) in [4.78, 5) is 11.5. The van der Waals surface area contributed by atoms with E-state index in [-0.39, 0.29) is 11.4 Å². The van der Waals surface area contributed by atoms with Gasteiger partial charge in [-0.3, -0.25) is 4.79 Å². The van der Waals surface area contributed by atoms with Gasteiger partial charge in [0.25, 0.3) is 0 Å². The lowest BCUT2D eigenvalue weighted by atomic mass is 9.97. The Labute approximate surface area is 86.2 Å². The summed E-state index contributed by atoms with van der Waals surface area (Å²) in [6.45, 7) is 8.31. The highest BCUT2D eigenvalue weighted by atomic mass is 16.5. The zero-order valence-electron chi connectivity index (χ0n) is 9.43. The molecule has 1 saturated heterocycles. The maximum atomic E-state index is 11.5. The molecule has 82 valence electrons. The van der Waals surface area contributed by atoms with Crippen LogP contribution in [0, 0.1) is 11.3 Å². The molecule has 1 N–H and O–H groups in total. The summed E-state index contributed by atoms with van der Waals surface area (Å²) in [5.41, 5.74) is -0.373. The van der Waals surface area contributed by atoms with Gasteiger partial charge in [-0.05, 0) is 40.2 Å². The largest absolute Gasteiger partial charge is 0.465 e. The maximum absolute atomic E-state index is 11.5. The van der Waals surface area contributed by atoms with Crippen molar-refractivity contribution >= 4 is 5.97 Å². The fraction of sp³-hybridized carbons (Fsp3) is 0.909. The van der Waals surface area contributed by atoms with Crippen molar-refractivity contribution in [1.82, 2.24) is 5.32 Å². The highest BCUT2D eigenvalue weighted by Crippen LogP contribution is 2.17. The number of ether oxygens (including phenoxy) is 1. The van der Waals surface area contributed by atoms with Crippen LogP contribution < -0.4 is 5.32 Å². The van der Waals surface area contributed by atoms with Crippen molar-refractivity contribution in [3.05, 3.63) is 0 Å². The van der Waals surface area contributed by atoms with Gasteiger partial charge in [0, 0.05) is 12.5 Å². The molecule has 0 aromatic carbocycles. The molecule has 0 aliphatic carbocycles. The van der Waals surface area contributed by atoms with Crippen molar-refractivity contribution in [3.63, 3.8) is 0 Å². The quantitative estimate of drug-likeness (QED) is 0.686. The number of hydrogen-bond donors (Lipinski definition) is 1. The number of nitrogens with one attached hydrogen (secondary N) is 1. The fourth-order valence-corrected chi connectivity index (χ4v) is 1.48. The van der Waals surface area contributed by atoms with Crippen LogP contribution in [0.5, 0.6) is 0 Å². The monoisotopic (exact) mass is 199 g/mol. The van der Waals surface area contributed by atoms with E-state index >= 15 is 0 Å². The molecule has 0 radical (unpaired) electrons. The van der Waals surface area contributed by atoms with Crippen molar-refractivity contribution in [1.29, 1.82) is 0 Å². The number of carbonyl (C=O) groups excluding carboxylic acids is 1. The molecule has 0 unspecified atom stereocenters. The molecule has 0 spiro atoms. The number of carbonyl (C=O) groups is 1. The van der Waals surface area contributed by atoms with Crippen molar-refractivity contribution < 1.29 is 9.53 Å². The Morgan fingerprint density at radius 1 is 1.50 bits per heavy atom. The molecule has 1 aliphatic rings. The van der Waals surface area contributed by atoms with E-state index in [2.05, 4.69) is 5.32 Å². The summed E-state index contributed by atoms with van der Waals surface area (Å²) < 4.78 is 5.27. The van der Waals surface area contributed by atoms with Gasteiger partial charge in [-0.25, -0.2) is 0 Å². The van der Waals surface area contributed by atoms with E-state index in [9.17, 15) is 4.79 Å². The van der Waals surface area contributed by atoms with E-state index in [1.807, 2.05) is 20.8 Å². The SMILES string of the molecule is CC(C)(C)C(=O)OC[C@@H]1CCCNC1. The Bertz CT molecular complexity index is 190. The van der Waals surface area contributed by atoms with Crippen LogP contribution >= 0.6 is 0 Å². The molecule has 0 aromatic rings. The maximum Gasteiger partial charge on any atom is 0.311 e. The van der Waals surface area contributed by atoms with Gasteiger partial charge in [-0.1, -0.05) is 0 Å². The lowest BCUT2D eigenvalue weighted by Gasteiger charge is -2.24. The first-order chi connectivity index (χ1) is 6.50. The number of piperidine rings is 1. The number of esters is 1. The van der Waals surface area contributed by atoms with Gasteiger partial charge < -0.3 is 10.1 Å². The first-order valence-electron chi connectivity index (χ1n) is 5.38. The molecular formula is C11H21NO2. The molecule has 3 nitrogen and oxygen atoms in total. The Morgan fingerprint density at radius 2 is 2.21 bits per heavy atom. The van der Waals surface area contributed by atoms with E-state index in [0.29, 0.717) is 12.5 Å². The first-order valence-corrected chi connectivity index (χ1v) is 5.38. The smallest absolute Gasteiger partial charge is 0.311 e. The minimum Gasteiger partial charge on any atom is -0.465 e. The third-order valence-corrected chi connectivity index (χ3v) is 2.46. The molecule has 1 atom stereocenters. The Kier molecular flexibility index (Phi) is 3.93. The molecule has 3 heteroatoms. The second kappa shape index (κ2) is 4.78. The fourth-order valence-electron chi connectivity index (χ4n) is 1.48. The molecule has 14 heavy (non-hydrogen) atoms. The zero-order valence-corrected chi connectivity index (χ0v) is 9.43. The van der Waals surface area contributed by atoms with Crippen LogP contribution in [0.15, 0.2) is 0 Å². The molecule has 0 aromatic heterocycles. The van der Waals surface area contributed by atoms with Crippen molar-refractivity contribution in [2.45, 2.75) is 33.6 Å². The van der Waals surface area contributed by atoms with Crippen molar-refractivity contribution in [2.75, 3.05) is 19.7 Å². The van der Waals surface area contributed by atoms with Gasteiger partial charge in [-0.2, -0.15) is 0 Å². The van der Waals surface area contributed by atoms with Crippen LogP contribution in [0.4, 0.5) is 0 Å². The van der Waals surface area contributed by atoms with Crippen LogP contribution in [0.2, 0.25) is 0 Å². The average molecular weight is 199 g/mol. The van der Waals surface area contributed by atoms with Crippen LogP contribution in [-0.4, -0.2) is 25.7 Å². The molecule has 0 saturated carbocycles. The minimum atomic E-state index is -0.373. The van der Waals surface area contributed by atoms with E-state index in [1.165, 1.54) is 12.8 Å². The van der Waals surface area contributed by atoms with E-state index in [1.54, 1.807) is 0 Å². The highest BCUT2D eigenvalue weighted by molar-refractivity contribution is 5.75. The summed E-state index contributed by atoms with van der Waals surface area (Å²) in [5.74, 6) is 0.415. The van der Waals surface area contributed by atoms with Crippen LogP contribution in [0.3, 0.4) is 0 Å². The third-order valence-electron chi connectivity index (χ3n) is 2.46. The van der Waals surface area contributed by atoms with Gasteiger partial charge in [-0.15, -0.1) is 0 Å². The molecular weight excluding hydrogens is 178 g/mol. The normalized spacial score (nSPS) is 23.2. The van der Waals surface area contributed by atoms with E-state index in [4.69, 9.17) is 4.74 Å². The molecule has 1 fully saturated rings. The summed E-state index contributed by atoms with van der Waals surface area (Å²) in [6.07, 6.45) is 2.36. The Morgan fingerprint density at radius 3 is 2.71 bits per heavy atom. The first kappa shape index (κ1) is 11.5. The summed E-state index contributed by atoms with van der Waals surface area (Å²) >= 11 is 0. The number of hydrogen-bond acceptors (Lipinski definition) is 3. The van der Waals surface area contributed by atoms with Crippen LogP contribution in [-0.2, 0) is 9.53 Å². The molecule has 1 aliphatic heterocycles. The van der Waals surface area contributed by atoms with Crippen molar-refractivity contribution in [2.24, 2.45) is 11.3 Å². The Hall–Kier alpha value is -0.570. The second-order valence-electron chi connectivity index (χ2n) is 5.06. The Balaban J connectivity index is 2.22. The van der Waals surface area contributed by atoms with Gasteiger partial charge in [0.15, 0.2) is 0 Å². The second-order valence-corrected chi connectivity index (χ2v) is 5.06. The average Bonchev–Trinajstić information content (AvgIpc) is 2.14. The van der Waals surface area contributed by atoms with E-state index < -0.39 is 0 Å². The van der Waals surface area contributed by atoms with Gasteiger partial charge in [0.05, 0.1) is 12.0 Å². The van der Waals surface area contributed by atoms with Crippen LogP contribution in [0.25, 0.3) is 0 Å². The van der Waals surface area contributed by atoms with E-state index in [0.717, 1.165) is 13.1 Å². The standard InChI is InChI=1S/C11H21NO2/c1-11(2,3)10(13)14-8-9-5-4-6-12-7-9/h9,12H,4-8H2,1-3H3/t9-/m1/s1. The number of rotatable bonds is 2. The van der Waals surface area contributed by atoms with Gasteiger partial charge in [0.1, 0.15) is 0 Å². The lowest BCUT2D eigenvalue weighted by molar-refractivity contribution is -0.154. The molecule has 1 rings (SSSR count). The van der Waals surface area contributed by atoms with Crippen molar-refractivity contribution in [3.8, 4) is 0 Å². The molecule has 1 heterocycles. The molecule has 0 bridgehead atoms. The highest BCUT2D eigenvalue weighted by Gasteiger charge is 2.24. The predicted molar refractivity (Wildman–Crippen MR) is 56.0 cm³/mol. The minimum absolute atomic E-state index is 0.0944. The topological polar surface area (TPSA) is 38.3 Å². The summed E-state index contributed by atoms with van der Waals surface area (Å²) in [5, 5.41) is 3.31. The van der Waals surface area contributed by atoms with Gasteiger partial charge in [0.2, 0.25) is 0 Å². The summed E-state index contributed by atoms with van der Waals surface area (Å²) in [6, 6.07) is 0. The van der Waals surface area contributed by atoms with Crippen LogP contribution in [0.1, 0.15) is 33.6 Å². The third kappa shape index (κ3) is 3.66. The predicted octanol–water partition coefficient (Wildman–Crippen LogP) is 1.58. The zero-order chi connectivity index (χ0) is 10.6. The van der Waals surface area contributed by atoms with Gasteiger partial charge >= 0.3 is 5.97 Å². The summed E-state index contributed by atoms with van der Waals surface area (Å²) in [7, 11) is 0. The molecule has 0 amide bonds.